The molecule has 0 bridgehead atoms. The summed E-state index contributed by atoms with van der Waals surface area (Å²) in [4.78, 5) is 23.4. The van der Waals surface area contributed by atoms with E-state index in [1.807, 2.05) is 0 Å². The third-order valence-electron chi connectivity index (χ3n) is 2.88. The first-order valence-electron chi connectivity index (χ1n) is 6.73. The molecule has 2 aromatic carbocycles. The van der Waals surface area contributed by atoms with Crippen molar-refractivity contribution in [3.8, 4) is 5.75 Å². The van der Waals surface area contributed by atoms with Gasteiger partial charge in [-0.1, -0.05) is 35.3 Å². The average Bonchev–Trinajstić information content (AvgIpc) is 2.57. The van der Waals surface area contributed by atoms with E-state index in [1.54, 1.807) is 42.5 Å². The van der Waals surface area contributed by atoms with Gasteiger partial charge in [0.15, 0.2) is 0 Å². The number of hydrazone groups is 1. The lowest BCUT2D eigenvalue weighted by Crippen LogP contribution is -2.32. The van der Waals surface area contributed by atoms with Crippen LogP contribution in [0.2, 0.25) is 10.0 Å². The Kier molecular flexibility index (Phi) is 6.17. The summed E-state index contributed by atoms with van der Waals surface area (Å²) in [7, 11) is 1.51. The minimum atomic E-state index is -0.925. The van der Waals surface area contributed by atoms with Crippen molar-refractivity contribution >= 4 is 46.9 Å². The van der Waals surface area contributed by atoms with E-state index >= 15 is 0 Å². The Morgan fingerprint density at radius 1 is 1.08 bits per heavy atom. The molecule has 124 valence electrons. The van der Waals surface area contributed by atoms with Gasteiger partial charge in [-0.3, -0.25) is 9.59 Å². The standard InChI is InChI=1S/C16H13Cl2N3O3/c1-24-14-7-6-10(8-12(14)18)9-19-21-16(23)15(22)20-13-5-3-2-4-11(13)17/h2-9H,1H3,(H,20,22)(H,21,23)/b19-9-. The summed E-state index contributed by atoms with van der Waals surface area (Å²) in [5.74, 6) is -1.28. The monoisotopic (exact) mass is 365 g/mol. The molecule has 2 rings (SSSR count). The van der Waals surface area contributed by atoms with Crippen LogP contribution < -0.4 is 15.5 Å². The summed E-state index contributed by atoms with van der Waals surface area (Å²) in [5.41, 5.74) is 3.09. The third-order valence-corrected chi connectivity index (χ3v) is 3.51. The van der Waals surface area contributed by atoms with Crippen molar-refractivity contribution in [1.29, 1.82) is 0 Å². The molecule has 0 aromatic heterocycles. The van der Waals surface area contributed by atoms with Crippen molar-refractivity contribution in [3.05, 3.63) is 58.1 Å². The van der Waals surface area contributed by atoms with Gasteiger partial charge < -0.3 is 10.1 Å². The number of amides is 2. The fourth-order valence-electron chi connectivity index (χ4n) is 1.72. The zero-order valence-electron chi connectivity index (χ0n) is 12.5. The molecule has 0 spiro atoms. The highest BCUT2D eigenvalue weighted by atomic mass is 35.5. The molecule has 0 saturated heterocycles. The van der Waals surface area contributed by atoms with Gasteiger partial charge in [0.25, 0.3) is 0 Å². The van der Waals surface area contributed by atoms with Crippen LogP contribution in [0.1, 0.15) is 5.56 Å². The average molecular weight is 366 g/mol. The largest absolute Gasteiger partial charge is 0.495 e. The van der Waals surface area contributed by atoms with Gasteiger partial charge in [-0.25, -0.2) is 5.43 Å². The van der Waals surface area contributed by atoms with Crippen LogP contribution in [0.25, 0.3) is 0 Å². The van der Waals surface area contributed by atoms with Crippen LogP contribution in [0.4, 0.5) is 5.69 Å². The number of hydrogen-bond acceptors (Lipinski definition) is 4. The van der Waals surface area contributed by atoms with Gasteiger partial charge in [0.2, 0.25) is 0 Å². The number of nitrogens with zero attached hydrogens (tertiary/aromatic N) is 1. The van der Waals surface area contributed by atoms with Crippen LogP contribution in [0.3, 0.4) is 0 Å². The fourth-order valence-corrected chi connectivity index (χ4v) is 2.17. The second kappa shape index (κ2) is 8.33. The van der Waals surface area contributed by atoms with E-state index in [2.05, 4.69) is 15.8 Å². The van der Waals surface area contributed by atoms with Crippen LogP contribution in [-0.2, 0) is 9.59 Å². The summed E-state index contributed by atoms with van der Waals surface area (Å²) in [5, 5.41) is 6.83. The minimum absolute atomic E-state index is 0.329. The molecule has 2 N–H and O–H groups in total. The van der Waals surface area contributed by atoms with Crippen LogP contribution in [0.5, 0.6) is 5.75 Å². The Hall–Kier alpha value is -2.57. The summed E-state index contributed by atoms with van der Waals surface area (Å²) < 4.78 is 5.03. The second-order valence-corrected chi connectivity index (χ2v) is 5.34. The van der Waals surface area contributed by atoms with Crippen molar-refractivity contribution in [1.82, 2.24) is 5.43 Å². The number of rotatable bonds is 4. The molecule has 24 heavy (non-hydrogen) atoms. The topological polar surface area (TPSA) is 79.8 Å². The Morgan fingerprint density at radius 3 is 2.50 bits per heavy atom. The highest BCUT2D eigenvalue weighted by Gasteiger charge is 2.14. The van der Waals surface area contributed by atoms with E-state index in [1.165, 1.54) is 13.3 Å². The third kappa shape index (κ3) is 4.71. The number of benzene rings is 2. The Balaban J connectivity index is 1.93. The number of anilines is 1. The molecule has 2 aromatic rings. The first-order valence-corrected chi connectivity index (χ1v) is 7.49. The van der Waals surface area contributed by atoms with Crippen LogP contribution in [0.15, 0.2) is 47.6 Å². The van der Waals surface area contributed by atoms with Crippen LogP contribution >= 0.6 is 23.2 Å². The molecule has 0 aliphatic carbocycles. The Labute approximate surface area is 148 Å². The second-order valence-electron chi connectivity index (χ2n) is 4.53. The molecular formula is C16H13Cl2N3O3. The van der Waals surface area contributed by atoms with E-state index < -0.39 is 11.8 Å². The summed E-state index contributed by atoms with van der Waals surface area (Å²) in [6.07, 6.45) is 1.35. The van der Waals surface area contributed by atoms with Crippen molar-refractivity contribution in [2.75, 3.05) is 12.4 Å². The Morgan fingerprint density at radius 2 is 1.83 bits per heavy atom. The maximum Gasteiger partial charge on any atom is 0.329 e. The molecule has 6 nitrogen and oxygen atoms in total. The highest BCUT2D eigenvalue weighted by Crippen LogP contribution is 2.24. The number of ether oxygens (including phenoxy) is 1. The number of para-hydroxylation sites is 1. The molecule has 0 heterocycles. The van der Waals surface area contributed by atoms with E-state index in [0.717, 1.165) is 0 Å². The normalized spacial score (nSPS) is 10.5. The van der Waals surface area contributed by atoms with Crippen molar-refractivity contribution in [2.24, 2.45) is 5.10 Å². The van der Waals surface area contributed by atoms with Crippen LogP contribution in [-0.4, -0.2) is 25.1 Å². The lowest BCUT2D eigenvalue weighted by Gasteiger charge is -2.05. The molecule has 2 amide bonds. The van der Waals surface area contributed by atoms with Gasteiger partial charge in [0.05, 0.1) is 29.1 Å². The van der Waals surface area contributed by atoms with Crippen molar-refractivity contribution < 1.29 is 14.3 Å². The summed E-state index contributed by atoms with van der Waals surface area (Å²) in [6.45, 7) is 0. The number of halogens is 2. The number of carbonyl (C=O) groups excluding carboxylic acids is 2. The van der Waals surface area contributed by atoms with Crippen LogP contribution in [0, 0.1) is 0 Å². The van der Waals surface area contributed by atoms with Gasteiger partial charge >= 0.3 is 11.8 Å². The van der Waals surface area contributed by atoms with Crippen molar-refractivity contribution in [3.63, 3.8) is 0 Å². The molecule has 0 aliphatic rings. The first-order chi connectivity index (χ1) is 11.5. The predicted octanol–water partition coefficient (Wildman–Crippen LogP) is 3.09. The van der Waals surface area contributed by atoms with Gasteiger partial charge in [0.1, 0.15) is 5.75 Å². The molecule has 0 atom stereocenters. The smallest absolute Gasteiger partial charge is 0.329 e. The lowest BCUT2D eigenvalue weighted by atomic mass is 10.2. The fraction of sp³-hybridized carbons (Fsp3) is 0.0625. The minimum Gasteiger partial charge on any atom is -0.495 e. The maximum absolute atomic E-state index is 11.8. The van der Waals surface area contributed by atoms with Crippen molar-refractivity contribution in [2.45, 2.75) is 0 Å². The molecule has 0 saturated carbocycles. The Bertz CT molecular complexity index is 794. The SMILES string of the molecule is COc1ccc(/C=N\NC(=O)C(=O)Nc2ccccc2Cl)cc1Cl. The van der Waals surface area contributed by atoms with Gasteiger partial charge in [-0.15, -0.1) is 0 Å². The number of hydrogen-bond donors (Lipinski definition) is 2. The number of nitrogens with one attached hydrogen (secondary N) is 2. The van der Waals surface area contributed by atoms with Gasteiger partial charge in [0, 0.05) is 0 Å². The van der Waals surface area contributed by atoms with Gasteiger partial charge in [-0.2, -0.15) is 5.10 Å². The number of methoxy groups -OCH3 is 1. The predicted molar refractivity (Wildman–Crippen MR) is 93.8 cm³/mol. The summed E-state index contributed by atoms with van der Waals surface area (Å²) >= 11 is 11.9. The molecule has 0 fully saturated rings. The number of carbonyl (C=O) groups is 2. The lowest BCUT2D eigenvalue weighted by molar-refractivity contribution is -0.136. The molecular weight excluding hydrogens is 353 g/mol. The summed E-state index contributed by atoms with van der Waals surface area (Å²) in [6, 6.07) is 11.5. The molecule has 8 heteroatoms. The quantitative estimate of drug-likeness (QED) is 0.496. The van der Waals surface area contributed by atoms with E-state index in [9.17, 15) is 9.59 Å². The van der Waals surface area contributed by atoms with E-state index in [4.69, 9.17) is 27.9 Å². The maximum atomic E-state index is 11.8. The molecule has 0 radical (unpaired) electrons. The molecule has 0 unspecified atom stereocenters. The van der Waals surface area contributed by atoms with Gasteiger partial charge in [-0.05, 0) is 35.9 Å². The highest BCUT2D eigenvalue weighted by molar-refractivity contribution is 6.41. The van der Waals surface area contributed by atoms with E-state index in [0.29, 0.717) is 27.0 Å². The first kappa shape index (κ1) is 17.8. The zero-order valence-corrected chi connectivity index (χ0v) is 14.1. The van der Waals surface area contributed by atoms with E-state index in [-0.39, 0.29) is 0 Å². The zero-order chi connectivity index (χ0) is 17.5. The molecule has 0 aliphatic heterocycles.